The summed E-state index contributed by atoms with van der Waals surface area (Å²) in [4.78, 5) is 20.6. The van der Waals surface area contributed by atoms with E-state index in [9.17, 15) is 4.39 Å². The van der Waals surface area contributed by atoms with Crippen LogP contribution in [0.2, 0.25) is 0 Å². The van der Waals surface area contributed by atoms with Gasteiger partial charge < -0.3 is 20.1 Å². The molecule has 3 atom stereocenters. The van der Waals surface area contributed by atoms with Crippen molar-refractivity contribution in [2.24, 2.45) is 18.5 Å². The minimum absolute atomic E-state index is 0.345. The maximum Gasteiger partial charge on any atom is 0.159 e. The SMILES string of the molecule is CC(c1ncc(F)cn1)N1c2cnccc2C(N)N(c2cn(C)cn2)C1N. The third-order valence-corrected chi connectivity index (χ3v) is 4.69. The van der Waals surface area contributed by atoms with Crippen molar-refractivity contribution in [2.75, 3.05) is 9.80 Å². The van der Waals surface area contributed by atoms with Crippen molar-refractivity contribution in [3.8, 4) is 0 Å². The molecule has 0 aliphatic carbocycles. The average Bonchev–Trinajstić information content (AvgIpc) is 3.08. The molecule has 3 aromatic heterocycles. The summed E-state index contributed by atoms with van der Waals surface area (Å²) in [5, 5.41) is 0. The third kappa shape index (κ3) is 2.88. The number of imidazole rings is 1. The van der Waals surface area contributed by atoms with E-state index in [4.69, 9.17) is 11.5 Å². The molecule has 0 saturated carbocycles. The fourth-order valence-corrected chi connectivity index (χ4v) is 3.36. The number of hydrogen-bond acceptors (Lipinski definition) is 8. The van der Waals surface area contributed by atoms with Gasteiger partial charge in [0, 0.05) is 25.0 Å². The Labute approximate surface area is 155 Å². The molecule has 9 nitrogen and oxygen atoms in total. The van der Waals surface area contributed by atoms with Gasteiger partial charge in [-0.2, -0.15) is 0 Å². The summed E-state index contributed by atoms with van der Waals surface area (Å²) in [6.45, 7) is 1.90. The lowest BCUT2D eigenvalue weighted by Gasteiger charge is -2.48. The number of nitrogens with zero attached hydrogens (tertiary/aromatic N) is 7. The van der Waals surface area contributed by atoms with Crippen molar-refractivity contribution in [1.29, 1.82) is 0 Å². The number of rotatable bonds is 3. The number of fused-ring (bicyclic) bond motifs is 1. The van der Waals surface area contributed by atoms with E-state index in [-0.39, 0.29) is 6.04 Å². The largest absolute Gasteiger partial charge is 0.338 e. The molecule has 0 aromatic carbocycles. The Balaban J connectivity index is 1.81. The van der Waals surface area contributed by atoms with Crippen LogP contribution in [0.1, 0.15) is 30.5 Å². The molecule has 0 spiro atoms. The van der Waals surface area contributed by atoms with Crippen LogP contribution in [0.3, 0.4) is 0 Å². The van der Waals surface area contributed by atoms with Crippen molar-refractivity contribution >= 4 is 11.5 Å². The van der Waals surface area contributed by atoms with E-state index < -0.39 is 18.3 Å². The molecular formula is C17H20FN9. The minimum Gasteiger partial charge on any atom is -0.338 e. The standard InChI is InChI=1S/C17H20FN9/c1-10(16-22-5-11(18)6-23-16)26-13-7-21-4-3-12(13)15(19)27(17(26)20)14-8-25(2)9-24-14/h3-10,15,17H,19-20H2,1-2H3. The van der Waals surface area contributed by atoms with Gasteiger partial charge in [-0.1, -0.05) is 0 Å². The lowest BCUT2D eigenvalue weighted by Crippen LogP contribution is -2.61. The molecule has 1 aliphatic rings. The predicted octanol–water partition coefficient (Wildman–Crippen LogP) is 1.03. The van der Waals surface area contributed by atoms with Crippen LogP contribution in [0, 0.1) is 5.82 Å². The zero-order valence-corrected chi connectivity index (χ0v) is 14.9. The van der Waals surface area contributed by atoms with Gasteiger partial charge in [-0.3, -0.25) is 10.7 Å². The average molecular weight is 369 g/mol. The van der Waals surface area contributed by atoms with Crippen LogP contribution in [0.4, 0.5) is 15.9 Å². The highest BCUT2D eigenvalue weighted by atomic mass is 19.1. The van der Waals surface area contributed by atoms with E-state index >= 15 is 0 Å². The summed E-state index contributed by atoms with van der Waals surface area (Å²) < 4.78 is 15.1. The molecule has 10 heteroatoms. The van der Waals surface area contributed by atoms with Crippen LogP contribution in [0.25, 0.3) is 0 Å². The fourth-order valence-electron chi connectivity index (χ4n) is 3.36. The molecule has 0 amide bonds. The second-order valence-electron chi connectivity index (χ2n) is 6.44. The Morgan fingerprint density at radius 2 is 1.89 bits per heavy atom. The molecule has 0 bridgehead atoms. The summed E-state index contributed by atoms with van der Waals surface area (Å²) in [5.74, 6) is 0.600. The summed E-state index contributed by atoms with van der Waals surface area (Å²) in [6.07, 6.45) is 8.08. The van der Waals surface area contributed by atoms with Crippen LogP contribution in [0.5, 0.6) is 0 Å². The highest BCUT2D eigenvalue weighted by Gasteiger charge is 2.39. The lowest BCUT2D eigenvalue weighted by molar-refractivity contribution is 0.437. The highest BCUT2D eigenvalue weighted by Crippen LogP contribution is 2.40. The number of aryl methyl sites for hydroxylation is 1. The van der Waals surface area contributed by atoms with Crippen molar-refractivity contribution in [3.63, 3.8) is 0 Å². The normalized spacial score (nSPS) is 20.5. The van der Waals surface area contributed by atoms with Gasteiger partial charge in [-0.25, -0.2) is 19.3 Å². The van der Waals surface area contributed by atoms with Crippen molar-refractivity contribution in [3.05, 3.63) is 60.6 Å². The molecule has 140 valence electrons. The monoisotopic (exact) mass is 369 g/mol. The van der Waals surface area contributed by atoms with Crippen molar-refractivity contribution < 1.29 is 4.39 Å². The fraction of sp³-hybridized carbons (Fsp3) is 0.294. The van der Waals surface area contributed by atoms with Crippen molar-refractivity contribution in [1.82, 2.24) is 24.5 Å². The first kappa shape index (κ1) is 17.3. The summed E-state index contributed by atoms with van der Waals surface area (Å²) in [7, 11) is 1.88. The molecule has 0 radical (unpaired) electrons. The van der Waals surface area contributed by atoms with Crippen LogP contribution in [-0.2, 0) is 7.05 Å². The van der Waals surface area contributed by atoms with Crippen LogP contribution < -0.4 is 21.3 Å². The number of aromatic nitrogens is 5. The summed E-state index contributed by atoms with van der Waals surface area (Å²) in [5.41, 5.74) is 14.7. The van der Waals surface area contributed by atoms with Crippen LogP contribution >= 0.6 is 0 Å². The number of hydrogen-bond donors (Lipinski definition) is 2. The molecule has 0 saturated heterocycles. The molecular weight excluding hydrogens is 349 g/mol. The molecule has 0 fully saturated rings. The van der Waals surface area contributed by atoms with E-state index in [1.807, 2.05) is 40.6 Å². The quantitative estimate of drug-likeness (QED) is 0.703. The van der Waals surface area contributed by atoms with E-state index in [1.54, 1.807) is 18.7 Å². The maximum atomic E-state index is 13.2. The molecule has 4 heterocycles. The number of halogens is 1. The Kier molecular flexibility index (Phi) is 4.21. The second-order valence-corrected chi connectivity index (χ2v) is 6.44. The van der Waals surface area contributed by atoms with Gasteiger partial charge in [0.05, 0.1) is 36.6 Å². The lowest BCUT2D eigenvalue weighted by atomic mass is 10.1. The topological polar surface area (TPSA) is 115 Å². The molecule has 4 N–H and O–H groups in total. The molecule has 27 heavy (non-hydrogen) atoms. The first-order valence-corrected chi connectivity index (χ1v) is 8.44. The first-order valence-electron chi connectivity index (χ1n) is 8.44. The summed E-state index contributed by atoms with van der Waals surface area (Å²) >= 11 is 0. The number of nitrogens with two attached hydrogens (primary N) is 2. The predicted molar refractivity (Wildman–Crippen MR) is 97.7 cm³/mol. The second kappa shape index (κ2) is 6.56. The first-order chi connectivity index (χ1) is 13.0. The van der Waals surface area contributed by atoms with Gasteiger partial charge in [0.1, 0.15) is 6.17 Å². The zero-order chi connectivity index (χ0) is 19.1. The Hall–Kier alpha value is -3.11. The molecule has 1 aliphatic heterocycles. The zero-order valence-electron chi connectivity index (χ0n) is 14.9. The van der Waals surface area contributed by atoms with Gasteiger partial charge in [0.15, 0.2) is 23.7 Å². The van der Waals surface area contributed by atoms with Gasteiger partial charge in [0.25, 0.3) is 0 Å². The Bertz CT molecular complexity index is 942. The van der Waals surface area contributed by atoms with Crippen molar-refractivity contribution in [2.45, 2.75) is 25.4 Å². The van der Waals surface area contributed by atoms with E-state index in [1.165, 1.54) is 0 Å². The molecule has 4 rings (SSSR count). The van der Waals surface area contributed by atoms with Gasteiger partial charge >= 0.3 is 0 Å². The smallest absolute Gasteiger partial charge is 0.159 e. The van der Waals surface area contributed by atoms with Gasteiger partial charge in [-0.05, 0) is 13.0 Å². The summed E-state index contributed by atoms with van der Waals surface area (Å²) in [6, 6.07) is 1.51. The highest BCUT2D eigenvalue weighted by molar-refractivity contribution is 5.62. The third-order valence-electron chi connectivity index (χ3n) is 4.69. The van der Waals surface area contributed by atoms with Crippen LogP contribution in [-0.4, -0.2) is 30.8 Å². The molecule has 3 unspecified atom stereocenters. The molecule has 3 aromatic rings. The van der Waals surface area contributed by atoms with Gasteiger partial charge in [0.2, 0.25) is 0 Å². The minimum atomic E-state index is -0.643. The number of anilines is 2. The van der Waals surface area contributed by atoms with E-state index in [2.05, 4.69) is 19.9 Å². The van der Waals surface area contributed by atoms with Crippen LogP contribution in [0.15, 0.2) is 43.4 Å². The van der Waals surface area contributed by atoms with E-state index in [0.717, 1.165) is 23.6 Å². The van der Waals surface area contributed by atoms with Gasteiger partial charge in [-0.15, -0.1) is 0 Å². The maximum absolute atomic E-state index is 13.2. The number of pyridine rings is 1. The van der Waals surface area contributed by atoms with E-state index in [0.29, 0.717) is 11.6 Å². The Morgan fingerprint density at radius 3 is 2.56 bits per heavy atom. The Morgan fingerprint density at radius 1 is 1.15 bits per heavy atom.